The molecule has 0 unspecified atom stereocenters. The van der Waals surface area contributed by atoms with E-state index in [9.17, 15) is 4.79 Å². The molecule has 5 heteroatoms. The summed E-state index contributed by atoms with van der Waals surface area (Å²) in [6, 6.07) is 7.88. The number of amides is 1. The van der Waals surface area contributed by atoms with Gasteiger partial charge in [-0.3, -0.25) is 4.79 Å². The van der Waals surface area contributed by atoms with Crippen molar-refractivity contribution >= 4 is 16.9 Å². The first-order chi connectivity index (χ1) is 8.67. The number of fused-ring (bicyclic) bond motifs is 1. The molecular formula is C13H16N4O. The molecule has 1 fully saturated rings. The fourth-order valence-electron chi connectivity index (χ4n) is 1.96. The average molecular weight is 244 g/mol. The molecule has 1 aliphatic carbocycles. The Morgan fingerprint density at radius 3 is 2.94 bits per heavy atom. The van der Waals surface area contributed by atoms with Gasteiger partial charge in [-0.05, 0) is 25.0 Å². The molecule has 1 aliphatic rings. The molecule has 1 aromatic carbocycles. The molecule has 0 bridgehead atoms. The fraction of sp³-hybridized carbons (Fsp3) is 0.385. The number of carbonyl (C=O) groups excluding carboxylic acids is 1. The van der Waals surface area contributed by atoms with E-state index in [0.29, 0.717) is 13.0 Å². The SMILES string of the molecule is NC1(C(=O)NCCc2nc3ccccc3[nH]2)CC1. The topological polar surface area (TPSA) is 83.8 Å². The average Bonchev–Trinajstić information content (AvgIpc) is 2.99. The van der Waals surface area contributed by atoms with Gasteiger partial charge in [-0.1, -0.05) is 12.1 Å². The monoisotopic (exact) mass is 244 g/mol. The lowest BCUT2D eigenvalue weighted by atomic mass is 10.2. The molecule has 3 rings (SSSR count). The molecule has 0 saturated heterocycles. The van der Waals surface area contributed by atoms with Crippen LogP contribution in [0.3, 0.4) is 0 Å². The third-order valence-corrected chi connectivity index (χ3v) is 3.33. The molecule has 4 N–H and O–H groups in total. The van der Waals surface area contributed by atoms with Crippen molar-refractivity contribution in [2.24, 2.45) is 5.73 Å². The number of benzene rings is 1. The van der Waals surface area contributed by atoms with Crippen molar-refractivity contribution in [2.75, 3.05) is 6.54 Å². The van der Waals surface area contributed by atoms with Gasteiger partial charge in [0, 0.05) is 13.0 Å². The molecule has 0 radical (unpaired) electrons. The Hall–Kier alpha value is -1.88. The number of nitrogens with zero attached hydrogens (tertiary/aromatic N) is 1. The van der Waals surface area contributed by atoms with Crippen molar-refractivity contribution in [1.82, 2.24) is 15.3 Å². The van der Waals surface area contributed by atoms with Crippen LogP contribution in [0.4, 0.5) is 0 Å². The van der Waals surface area contributed by atoms with Crippen LogP contribution in [0.2, 0.25) is 0 Å². The number of nitrogens with two attached hydrogens (primary N) is 1. The summed E-state index contributed by atoms with van der Waals surface area (Å²) in [5.74, 6) is 0.844. The smallest absolute Gasteiger partial charge is 0.240 e. The summed E-state index contributed by atoms with van der Waals surface area (Å²) in [5.41, 5.74) is 7.19. The van der Waals surface area contributed by atoms with Gasteiger partial charge in [0.1, 0.15) is 5.82 Å². The molecular weight excluding hydrogens is 228 g/mol. The second-order valence-electron chi connectivity index (χ2n) is 4.86. The Kier molecular flexibility index (Phi) is 2.56. The van der Waals surface area contributed by atoms with Crippen molar-refractivity contribution in [1.29, 1.82) is 0 Å². The van der Waals surface area contributed by atoms with Crippen LogP contribution in [0.25, 0.3) is 11.0 Å². The Morgan fingerprint density at radius 1 is 1.44 bits per heavy atom. The number of carbonyl (C=O) groups is 1. The zero-order valence-electron chi connectivity index (χ0n) is 10.1. The molecule has 1 amide bonds. The summed E-state index contributed by atoms with van der Waals surface area (Å²) in [6.45, 7) is 0.567. The zero-order valence-corrected chi connectivity index (χ0v) is 10.1. The second kappa shape index (κ2) is 4.10. The summed E-state index contributed by atoms with van der Waals surface area (Å²) in [4.78, 5) is 19.3. The van der Waals surface area contributed by atoms with E-state index in [0.717, 1.165) is 29.7 Å². The fourth-order valence-corrected chi connectivity index (χ4v) is 1.96. The number of rotatable bonds is 4. The quantitative estimate of drug-likeness (QED) is 0.740. The Morgan fingerprint density at radius 2 is 2.22 bits per heavy atom. The first-order valence-electron chi connectivity index (χ1n) is 6.18. The number of nitrogens with one attached hydrogen (secondary N) is 2. The van der Waals surface area contributed by atoms with Gasteiger partial charge < -0.3 is 16.0 Å². The summed E-state index contributed by atoms with van der Waals surface area (Å²) in [7, 11) is 0. The van der Waals surface area contributed by atoms with E-state index in [1.54, 1.807) is 0 Å². The molecule has 0 aliphatic heterocycles. The van der Waals surface area contributed by atoms with Crippen LogP contribution in [0.5, 0.6) is 0 Å². The highest BCUT2D eigenvalue weighted by atomic mass is 16.2. The van der Waals surface area contributed by atoms with E-state index in [1.165, 1.54) is 0 Å². The van der Waals surface area contributed by atoms with E-state index >= 15 is 0 Å². The van der Waals surface area contributed by atoms with Gasteiger partial charge in [0.15, 0.2) is 0 Å². The van der Waals surface area contributed by atoms with E-state index in [2.05, 4.69) is 15.3 Å². The standard InChI is InChI=1S/C13H16N4O/c14-13(6-7-13)12(18)15-8-5-11-16-9-3-1-2-4-10(9)17-11/h1-4H,5-8,14H2,(H,15,18)(H,16,17). The number of aromatic amines is 1. The molecule has 1 aromatic heterocycles. The Bertz CT molecular complexity index is 552. The molecule has 94 valence electrons. The zero-order chi connectivity index (χ0) is 12.6. The molecule has 2 aromatic rings. The number of hydrogen-bond acceptors (Lipinski definition) is 3. The van der Waals surface area contributed by atoms with Crippen LogP contribution in [0.1, 0.15) is 18.7 Å². The van der Waals surface area contributed by atoms with Crippen molar-refractivity contribution < 1.29 is 4.79 Å². The molecule has 18 heavy (non-hydrogen) atoms. The highest BCUT2D eigenvalue weighted by Crippen LogP contribution is 2.31. The number of hydrogen-bond donors (Lipinski definition) is 3. The predicted octanol–water partition coefficient (Wildman–Crippen LogP) is 0.713. The lowest BCUT2D eigenvalue weighted by molar-refractivity contribution is -0.123. The predicted molar refractivity (Wildman–Crippen MR) is 69.0 cm³/mol. The van der Waals surface area contributed by atoms with E-state index in [-0.39, 0.29) is 5.91 Å². The Labute approximate surface area is 105 Å². The number of aromatic nitrogens is 2. The maximum atomic E-state index is 11.6. The highest BCUT2D eigenvalue weighted by molar-refractivity contribution is 5.88. The summed E-state index contributed by atoms with van der Waals surface area (Å²) >= 11 is 0. The van der Waals surface area contributed by atoms with E-state index in [1.807, 2.05) is 24.3 Å². The van der Waals surface area contributed by atoms with Crippen molar-refractivity contribution in [3.05, 3.63) is 30.1 Å². The van der Waals surface area contributed by atoms with E-state index in [4.69, 9.17) is 5.73 Å². The minimum absolute atomic E-state index is 0.0430. The lowest BCUT2D eigenvalue weighted by Gasteiger charge is -2.08. The van der Waals surface area contributed by atoms with Gasteiger partial charge in [0.05, 0.1) is 16.6 Å². The van der Waals surface area contributed by atoms with Crippen LogP contribution >= 0.6 is 0 Å². The molecule has 1 heterocycles. The maximum absolute atomic E-state index is 11.6. The summed E-state index contributed by atoms with van der Waals surface area (Å²) in [6.07, 6.45) is 2.28. The van der Waals surface area contributed by atoms with Crippen LogP contribution in [0, 0.1) is 0 Å². The number of imidazole rings is 1. The highest BCUT2D eigenvalue weighted by Gasteiger charge is 2.45. The molecule has 1 saturated carbocycles. The minimum atomic E-state index is -0.589. The largest absolute Gasteiger partial charge is 0.354 e. The van der Waals surface area contributed by atoms with Gasteiger partial charge in [0.25, 0.3) is 0 Å². The van der Waals surface area contributed by atoms with E-state index < -0.39 is 5.54 Å². The third-order valence-electron chi connectivity index (χ3n) is 3.33. The van der Waals surface area contributed by atoms with Crippen LogP contribution < -0.4 is 11.1 Å². The van der Waals surface area contributed by atoms with Gasteiger partial charge in [-0.2, -0.15) is 0 Å². The van der Waals surface area contributed by atoms with Gasteiger partial charge in [-0.25, -0.2) is 4.98 Å². The first kappa shape index (κ1) is 11.2. The van der Waals surface area contributed by atoms with Crippen LogP contribution in [0.15, 0.2) is 24.3 Å². The number of H-pyrrole nitrogens is 1. The van der Waals surface area contributed by atoms with Crippen LogP contribution in [-0.2, 0) is 11.2 Å². The number of para-hydroxylation sites is 2. The first-order valence-corrected chi connectivity index (χ1v) is 6.18. The Balaban J connectivity index is 1.58. The summed E-state index contributed by atoms with van der Waals surface area (Å²) in [5, 5.41) is 2.85. The molecule has 0 atom stereocenters. The second-order valence-corrected chi connectivity index (χ2v) is 4.86. The van der Waals surface area contributed by atoms with Gasteiger partial charge >= 0.3 is 0 Å². The van der Waals surface area contributed by atoms with Gasteiger partial charge in [0.2, 0.25) is 5.91 Å². The minimum Gasteiger partial charge on any atom is -0.354 e. The van der Waals surface area contributed by atoms with Crippen molar-refractivity contribution in [3.63, 3.8) is 0 Å². The normalized spacial score (nSPS) is 16.7. The lowest BCUT2D eigenvalue weighted by Crippen LogP contribution is -2.43. The molecule has 0 spiro atoms. The van der Waals surface area contributed by atoms with Crippen molar-refractivity contribution in [2.45, 2.75) is 24.8 Å². The maximum Gasteiger partial charge on any atom is 0.240 e. The van der Waals surface area contributed by atoms with Gasteiger partial charge in [-0.15, -0.1) is 0 Å². The molecule has 5 nitrogen and oxygen atoms in total. The van der Waals surface area contributed by atoms with Crippen LogP contribution in [-0.4, -0.2) is 28.0 Å². The third kappa shape index (κ3) is 2.09. The summed E-state index contributed by atoms with van der Waals surface area (Å²) < 4.78 is 0. The van der Waals surface area contributed by atoms with Crippen molar-refractivity contribution in [3.8, 4) is 0 Å².